The van der Waals surface area contributed by atoms with Crippen LogP contribution in [0.25, 0.3) is 0 Å². The van der Waals surface area contributed by atoms with Gasteiger partial charge in [-0.1, -0.05) is 12.1 Å². The molecule has 1 aromatic carbocycles. The molecule has 5 nitrogen and oxygen atoms in total. The van der Waals surface area contributed by atoms with Gasteiger partial charge in [-0.15, -0.1) is 11.8 Å². The molecule has 6 heteroatoms. The normalized spacial score (nSPS) is 11.7. The summed E-state index contributed by atoms with van der Waals surface area (Å²) in [6.45, 7) is 0.381. The predicted molar refractivity (Wildman–Crippen MR) is 77.6 cm³/mol. The first-order valence-corrected chi connectivity index (χ1v) is 7.10. The van der Waals surface area contributed by atoms with E-state index in [9.17, 15) is 9.90 Å². The number of thioether (sulfide) groups is 1. The Kier molecular flexibility index (Phi) is 7.09. The molecule has 1 N–H and O–H groups in total. The highest BCUT2D eigenvalue weighted by molar-refractivity contribution is 7.99. The van der Waals surface area contributed by atoms with Crippen LogP contribution in [0.2, 0.25) is 0 Å². The average molecular weight is 294 g/mol. The summed E-state index contributed by atoms with van der Waals surface area (Å²) in [7, 11) is 3.13. The van der Waals surface area contributed by atoms with E-state index in [0.29, 0.717) is 11.3 Å². The summed E-state index contributed by atoms with van der Waals surface area (Å²) in [5.74, 6) is 0.113. The highest BCUT2D eigenvalue weighted by atomic mass is 32.2. The third kappa shape index (κ3) is 4.85. The first kappa shape index (κ1) is 16.5. The lowest BCUT2D eigenvalue weighted by Crippen LogP contribution is -2.36. The van der Waals surface area contributed by atoms with Gasteiger partial charge < -0.3 is 14.7 Å². The number of rotatable bonds is 7. The highest BCUT2D eigenvalue weighted by Gasteiger charge is 2.18. The fourth-order valence-corrected chi connectivity index (χ4v) is 2.43. The van der Waals surface area contributed by atoms with Crippen molar-refractivity contribution in [1.29, 1.82) is 5.26 Å². The number of aliphatic hydroxyl groups excluding tert-OH is 1. The molecule has 0 radical (unpaired) electrons. The Balaban J connectivity index is 2.78. The van der Waals surface area contributed by atoms with Gasteiger partial charge in [0.2, 0.25) is 0 Å². The molecule has 1 aromatic rings. The second kappa shape index (κ2) is 8.59. The summed E-state index contributed by atoms with van der Waals surface area (Å²) < 4.78 is 4.84. The van der Waals surface area contributed by atoms with Gasteiger partial charge in [0.25, 0.3) is 5.91 Å². The number of amides is 1. The highest BCUT2D eigenvalue weighted by Crippen LogP contribution is 2.23. The van der Waals surface area contributed by atoms with Crippen molar-refractivity contribution < 1.29 is 14.6 Å². The minimum absolute atomic E-state index is 0.179. The SMILES string of the molecule is COCC(O)CN(C)C(=O)c1ccccc1SCC#N. The van der Waals surface area contributed by atoms with E-state index in [1.807, 2.05) is 18.2 Å². The van der Waals surface area contributed by atoms with Gasteiger partial charge in [0.05, 0.1) is 30.1 Å². The van der Waals surface area contributed by atoms with Gasteiger partial charge in [0, 0.05) is 25.6 Å². The van der Waals surface area contributed by atoms with Crippen LogP contribution in [-0.4, -0.2) is 55.1 Å². The van der Waals surface area contributed by atoms with Crippen LogP contribution in [0, 0.1) is 11.3 Å². The molecule has 1 amide bonds. The van der Waals surface area contributed by atoms with Crippen LogP contribution in [-0.2, 0) is 4.74 Å². The molecule has 1 unspecified atom stereocenters. The predicted octanol–water partition coefficient (Wildman–Crippen LogP) is 1.38. The van der Waals surface area contributed by atoms with Gasteiger partial charge in [0.1, 0.15) is 0 Å². The largest absolute Gasteiger partial charge is 0.389 e. The van der Waals surface area contributed by atoms with Crippen molar-refractivity contribution in [2.45, 2.75) is 11.0 Å². The molecule has 0 saturated carbocycles. The van der Waals surface area contributed by atoms with Crippen LogP contribution in [0.4, 0.5) is 0 Å². The van der Waals surface area contributed by atoms with Gasteiger partial charge in [-0.05, 0) is 12.1 Å². The van der Waals surface area contributed by atoms with E-state index in [1.54, 1.807) is 19.2 Å². The number of ether oxygens (including phenoxy) is 1. The third-order valence-electron chi connectivity index (χ3n) is 2.60. The number of aliphatic hydroxyl groups is 1. The molecule has 0 heterocycles. The molecule has 0 aliphatic carbocycles. The van der Waals surface area contributed by atoms with Gasteiger partial charge in [-0.25, -0.2) is 0 Å². The van der Waals surface area contributed by atoms with E-state index in [0.717, 1.165) is 4.90 Å². The molecule has 0 fully saturated rings. The van der Waals surface area contributed by atoms with Crippen LogP contribution < -0.4 is 0 Å². The van der Waals surface area contributed by atoms with Crippen molar-refractivity contribution in [3.05, 3.63) is 29.8 Å². The summed E-state index contributed by atoms with van der Waals surface area (Å²) in [6.07, 6.45) is -0.715. The lowest BCUT2D eigenvalue weighted by molar-refractivity contribution is 0.0379. The fraction of sp³-hybridized carbons (Fsp3) is 0.429. The number of nitrogens with zero attached hydrogens (tertiary/aromatic N) is 2. The van der Waals surface area contributed by atoms with E-state index < -0.39 is 6.10 Å². The Morgan fingerprint density at radius 3 is 2.90 bits per heavy atom. The molecule has 0 spiro atoms. The Hall–Kier alpha value is -1.55. The summed E-state index contributed by atoms with van der Waals surface area (Å²) in [6, 6.07) is 9.19. The second-order valence-electron chi connectivity index (χ2n) is 4.24. The first-order valence-electron chi connectivity index (χ1n) is 6.11. The molecular formula is C14H18N2O3S. The first-order chi connectivity index (χ1) is 9.60. The average Bonchev–Trinajstić information content (AvgIpc) is 2.44. The van der Waals surface area contributed by atoms with Gasteiger partial charge in [-0.3, -0.25) is 4.79 Å². The molecule has 1 rings (SSSR count). The van der Waals surface area contributed by atoms with E-state index in [-0.39, 0.29) is 19.1 Å². The summed E-state index contributed by atoms with van der Waals surface area (Å²) in [5, 5.41) is 18.3. The lowest BCUT2D eigenvalue weighted by Gasteiger charge is -2.21. The van der Waals surface area contributed by atoms with E-state index >= 15 is 0 Å². The van der Waals surface area contributed by atoms with Crippen molar-refractivity contribution in [3.8, 4) is 6.07 Å². The van der Waals surface area contributed by atoms with Crippen molar-refractivity contribution in [3.63, 3.8) is 0 Å². The molecule has 0 aliphatic rings. The number of carbonyl (C=O) groups is 1. The minimum Gasteiger partial charge on any atom is -0.389 e. The minimum atomic E-state index is -0.715. The number of carbonyl (C=O) groups excluding carboxylic acids is 1. The van der Waals surface area contributed by atoms with Gasteiger partial charge >= 0.3 is 0 Å². The Morgan fingerprint density at radius 2 is 2.25 bits per heavy atom. The number of methoxy groups -OCH3 is 1. The maximum atomic E-state index is 12.3. The molecule has 20 heavy (non-hydrogen) atoms. The second-order valence-corrected chi connectivity index (χ2v) is 5.25. The zero-order valence-corrected chi connectivity index (χ0v) is 12.4. The van der Waals surface area contributed by atoms with E-state index in [2.05, 4.69) is 0 Å². The smallest absolute Gasteiger partial charge is 0.254 e. The van der Waals surface area contributed by atoms with Crippen LogP contribution in [0.5, 0.6) is 0 Å². The molecule has 0 aromatic heterocycles. The Bertz CT molecular complexity index is 488. The van der Waals surface area contributed by atoms with Crippen molar-refractivity contribution in [2.75, 3.05) is 33.1 Å². The molecule has 0 bridgehead atoms. The van der Waals surface area contributed by atoms with Crippen LogP contribution in [0.3, 0.4) is 0 Å². The Labute approximate surface area is 123 Å². The molecule has 0 aliphatic heterocycles. The van der Waals surface area contributed by atoms with Crippen LogP contribution in [0.15, 0.2) is 29.2 Å². The number of hydrogen-bond acceptors (Lipinski definition) is 5. The quantitative estimate of drug-likeness (QED) is 0.769. The van der Waals surface area contributed by atoms with Crippen LogP contribution >= 0.6 is 11.8 Å². The number of nitriles is 1. The van der Waals surface area contributed by atoms with Crippen molar-refractivity contribution >= 4 is 17.7 Å². The topological polar surface area (TPSA) is 73.6 Å². The lowest BCUT2D eigenvalue weighted by atomic mass is 10.2. The third-order valence-corrected chi connectivity index (χ3v) is 3.54. The van der Waals surface area contributed by atoms with Gasteiger partial charge in [-0.2, -0.15) is 5.26 Å². The maximum absolute atomic E-state index is 12.3. The van der Waals surface area contributed by atoms with Crippen molar-refractivity contribution in [1.82, 2.24) is 4.90 Å². The molecule has 0 saturated heterocycles. The Morgan fingerprint density at radius 1 is 1.55 bits per heavy atom. The van der Waals surface area contributed by atoms with Crippen LogP contribution in [0.1, 0.15) is 10.4 Å². The number of benzene rings is 1. The molecular weight excluding hydrogens is 276 g/mol. The van der Waals surface area contributed by atoms with Crippen molar-refractivity contribution in [2.24, 2.45) is 0 Å². The standard InChI is InChI=1S/C14H18N2O3S/c1-16(9-11(17)10-19-2)14(18)12-5-3-4-6-13(12)20-8-7-15/h3-6,11,17H,8-10H2,1-2H3. The monoisotopic (exact) mass is 294 g/mol. The summed E-state index contributed by atoms with van der Waals surface area (Å²) in [4.78, 5) is 14.6. The summed E-state index contributed by atoms with van der Waals surface area (Å²) in [5.41, 5.74) is 0.542. The zero-order chi connectivity index (χ0) is 15.0. The zero-order valence-electron chi connectivity index (χ0n) is 11.6. The number of likely N-dealkylation sites (N-methyl/N-ethyl adjacent to an activating group) is 1. The molecule has 108 valence electrons. The maximum Gasteiger partial charge on any atom is 0.254 e. The number of hydrogen-bond donors (Lipinski definition) is 1. The summed E-state index contributed by atoms with van der Waals surface area (Å²) >= 11 is 1.33. The fourth-order valence-electron chi connectivity index (χ4n) is 1.73. The van der Waals surface area contributed by atoms with Gasteiger partial charge in [0.15, 0.2) is 0 Å². The van der Waals surface area contributed by atoms with E-state index in [4.69, 9.17) is 10.00 Å². The molecule has 1 atom stereocenters. The van der Waals surface area contributed by atoms with E-state index in [1.165, 1.54) is 23.8 Å².